The highest BCUT2D eigenvalue weighted by molar-refractivity contribution is 7.09. The van der Waals surface area contributed by atoms with Crippen LogP contribution in [0.25, 0.3) is 0 Å². The van der Waals surface area contributed by atoms with Gasteiger partial charge in [-0.25, -0.2) is 4.99 Å². The number of aryl methyl sites for hydroxylation is 1. The fourth-order valence-corrected chi connectivity index (χ4v) is 3.34. The lowest BCUT2D eigenvalue weighted by Gasteiger charge is -2.34. The number of thiophene rings is 1. The van der Waals surface area contributed by atoms with Crippen molar-refractivity contribution in [1.29, 1.82) is 0 Å². The van der Waals surface area contributed by atoms with Gasteiger partial charge in [0.15, 0.2) is 0 Å². The van der Waals surface area contributed by atoms with Crippen LogP contribution in [0, 0.1) is 0 Å². The highest BCUT2D eigenvalue weighted by atomic mass is 32.1. The lowest BCUT2D eigenvalue weighted by atomic mass is 10.1. The molecule has 0 saturated heterocycles. The molecule has 1 atom stereocenters. The minimum Gasteiger partial charge on any atom is -0.483 e. The second-order valence-electron chi connectivity index (χ2n) is 4.89. The van der Waals surface area contributed by atoms with Gasteiger partial charge in [0.25, 0.3) is 0 Å². The number of hydrogen-bond donors (Lipinski definition) is 0. The van der Waals surface area contributed by atoms with Crippen molar-refractivity contribution >= 4 is 28.6 Å². The summed E-state index contributed by atoms with van der Waals surface area (Å²) in [6, 6.07) is 12.7. The third-order valence-electron chi connectivity index (χ3n) is 3.70. The van der Waals surface area contributed by atoms with E-state index in [2.05, 4.69) is 46.6 Å². The lowest BCUT2D eigenvalue weighted by Crippen LogP contribution is -2.41. The number of ether oxygens (including phenoxy) is 1. The van der Waals surface area contributed by atoms with Crippen molar-refractivity contribution in [2.24, 2.45) is 4.99 Å². The first-order chi connectivity index (χ1) is 9.79. The molecule has 1 unspecified atom stereocenters. The van der Waals surface area contributed by atoms with Gasteiger partial charge in [0.1, 0.15) is 6.04 Å². The average molecular weight is 286 g/mol. The molecule has 1 aromatic carbocycles. The predicted molar refractivity (Wildman–Crippen MR) is 85.4 cm³/mol. The number of methoxy groups -OCH3 is 1. The van der Waals surface area contributed by atoms with Gasteiger partial charge in [-0.15, -0.1) is 11.3 Å². The van der Waals surface area contributed by atoms with Crippen LogP contribution >= 0.6 is 11.3 Å². The standard InChI is InChI=1S/C16H18N2OS/c1-18-14-8-4-3-7-13(14)17-16(19-2)15(18)10-9-12-6-5-11-20-12/h3-8,11,15H,9-10H2,1-2H3. The second kappa shape index (κ2) is 5.67. The molecule has 0 spiro atoms. The summed E-state index contributed by atoms with van der Waals surface area (Å²) in [4.78, 5) is 8.33. The Labute approximate surface area is 123 Å². The van der Waals surface area contributed by atoms with Gasteiger partial charge in [-0.1, -0.05) is 18.2 Å². The number of hydrogen-bond acceptors (Lipinski definition) is 4. The minimum absolute atomic E-state index is 0.206. The van der Waals surface area contributed by atoms with Crippen LogP contribution in [-0.2, 0) is 11.2 Å². The van der Waals surface area contributed by atoms with Crippen molar-refractivity contribution in [3.63, 3.8) is 0 Å². The summed E-state index contributed by atoms with van der Waals surface area (Å²) in [5, 5.41) is 2.13. The third-order valence-corrected chi connectivity index (χ3v) is 4.63. The third kappa shape index (κ3) is 2.43. The molecule has 0 N–H and O–H groups in total. The Hall–Kier alpha value is -1.81. The summed E-state index contributed by atoms with van der Waals surface area (Å²) >= 11 is 1.81. The molecule has 0 fully saturated rings. The molecule has 0 aliphatic carbocycles. The van der Waals surface area contributed by atoms with Crippen LogP contribution in [0.5, 0.6) is 0 Å². The molecule has 104 valence electrons. The molecule has 1 aliphatic heterocycles. The first-order valence-corrected chi connectivity index (χ1v) is 7.64. The van der Waals surface area contributed by atoms with E-state index in [0.29, 0.717) is 0 Å². The van der Waals surface area contributed by atoms with E-state index in [4.69, 9.17) is 4.74 Å². The van der Waals surface area contributed by atoms with Crippen LogP contribution in [0.1, 0.15) is 11.3 Å². The molecule has 4 heteroatoms. The Morgan fingerprint density at radius 3 is 2.85 bits per heavy atom. The maximum absolute atomic E-state index is 5.51. The van der Waals surface area contributed by atoms with Crippen LogP contribution in [-0.4, -0.2) is 26.1 Å². The van der Waals surface area contributed by atoms with Gasteiger partial charge in [0.2, 0.25) is 5.90 Å². The molecule has 20 heavy (non-hydrogen) atoms. The quantitative estimate of drug-likeness (QED) is 0.855. The van der Waals surface area contributed by atoms with E-state index in [9.17, 15) is 0 Å². The molecular weight excluding hydrogens is 268 g/mol. The molecular formula is C16H18N2OS. The Kier molecular flexibility index (Phi) is 3.74. The summed E-state index contributed by atoms with van der Waals surface area (Å²) in [5.41, 5.74) is 2.16. The molecule has 0 bridgehead atoms. The molecule has 3 rings (SSSR count). The Balaban J connectivity index is 1.83. The lowest BCUT2D eigenvalue weighted by molar-refractivity contribution is 0.374. The topological polar surface area (TPSA) is 24.8 Å². The van der Waals surface area contributed by atoms with E-state index in [0.717, 1.165) is 24.4 Å². The molecule has 2 aromatic rings. The Bertz CT molecular complexity index is 607. The van der Waals surface area contributed by atoms with E-state index in [-0.39, 0.29) is 6.04 Å². The van der Waals surface area contributed by atoms with Gasteiger partial charge in [-0.05, 0) is 36.4 Å². The Morgan fingerprint density at radius 2 is 2.10 bits per heavy atom. The van der Waals surface area contributed by atoms with Crippen LogP contribution in [0.4, 0.5) is 11.4 Å². The number of anilines is 1. The number of likely N-dealkylation sites (N-methyl/N-ethyl adjacent to an activating group) is 1. The van der Waals surface area contributed by atoms with Crippen LogP contribution in [0.15, 0.2) is 46.8 Å². The number of aliphatic imine (C=N–C) groups is 1. The molecule has 3 nitrogen and oxygen atoms in total. The van der Waals surface area contributed by atoms with Crippen molar-refractivity contribution in [2.75, 3.05) is 19.1 Å². The van der Waals surface area contributed by atoms with Crippen molar-refractivity contribution in [2.45, 2.75) is 18.9 Å². The highest BCUT2D eigenvalue weighted by Gasteiger charge is 2.28. The minimum atomic E-state index is 0.206. The van der Waals surface area contributed by atoms with Gasteiger partial charge < -0.3 is 9.64 Å². The largest absolute Gasteiger partial charge is 0.483 e. The van der Waals surface area contributed by atoms with E-state index in [1.807, 2.05) is 23.5 Å². The smallest absolute Gasteiger partial charge is 0.211 e. The van der Waals surface area contributed by atoms with Gasteiger partial charge in [-0.3, -0.25) is 0 Å². The number of rotatable bonds is 3. The van der Waals surface area contributed by atoms with E-state index >= 15 is 0 Å². The number of nitrogens with zero attached hydrogens (tertiary/aromatic N) is 2. The summed E-state index contributed by atoms with van der Waals surface area (Å²) in [5.74, 6) is 0.808. The van der Waals surface area contributed by atoms with Gasteiger partial charge in [-0.2, -0.15) is 0 Å². The van der Waals surface area contributed by atoms with Gasteiger partial charge in [0.05, 0.1) is 18.5 Å². The zero-order valence-corrected chi connectivity index (χ0v) is 12.6. The van der Waals surface area contributed by atoms with Crippen LogP contribution in [0.2, 0.25) is 0 Å². The fourth-order valence-electron chi connectivity index (χ4n) is 2.62. The zero-order chi connectivity index (χ0) is 13.9. The zero-order valence-electron chi connectivity index (χ0n) is 11.7. The molecule has 2 heterocycles. The van der Waals surface area contributed by atoms with Gasteiger partial charge >= 0.3 is 0 Å². The number of fused-ring (bicyclic) bond motifs is 1. The van der Waals surface area contributed by atoms with Crippen molar-refractivity contribution < 1.29 is 4.74 Å². The van der Waals surface area contributed by atoms with E-state index in [1.54, 1.807) is 7.11 Å². The average Bonchev–Trinajstić information content (AvgIpc) is 2.99. The highest BCUT2D eigenvalue weighted by Crippen LogP contribution is 2.34. The molecule has 0 amide bonds. The number of benzene rings is 1. The molecule has 0 radical (unpaired) electrons. The normalized spacial score (nSPS) is 17.6. The van der Waals surface area contributed by atoms with Crippen LogP contribution in [0.3, 0.4) is 0 Å². The summed E-state index contributed by atoms with van der Waals surface area (Å²) in [6.07, 6.45) is 2.06. The maximum atomic E-state index is 5.51. The van der Waals surface area contributed by atoms with E-state index in [1.165, 1.54) is 10.6 Å². The van der Waals surface area contributed by atoms with Gasteiger partial charge in [0, 0.05) is 11.9 Å². The monoisotopic (exact) mass is 286 g/mol. The summed E-state index contributed by atoms with van der Waals surface area (Å²) in [6.45, 7) is 0. The number of para-hydroxylation sites is 2. The van der Waals surface area contributed by atoms with Crippen molar-refractivity contribution in [3.05, 3.63) is 46.7 Å². The molecule has 1 aliphatic rings. The maximum Gasteiger partial charge on any atom is 0.211 e. The van der Waals surface area contributed by atoms with Crippen molar-refractivity contribution in [3.8, 4) is 0 Å². The SMILES string of the molecule is COC1=Nc2ccccc2N(C)C1CCc1cccs1. The second-order valence-corrected chi connectivity index (χ2v) is 5.92. The first kappa shape index (κ1) is 13.2. The van der Waals surface area contributed by atoms with Crippen LogP contribution < -0.4 is 4.90 Å². The fraction of sp³-hybridized carbons (Fsp3) is 0.312. The first-order valence-electron chi connectivity index (χ1n) is 6.76. The molecule has 0 saturated carbocycles. The summed E-state index contributed by atoms with van der Waals surface area (Å²) < 4.78 is 5.51. The van der Waals surface area contributed by atoms with E-state index < -0.39 is 0 Å². The molecule has 1 aromatic heterocycles. The predicted octanol–water partition coefficient (Wildman–Crippen LogP) is 3.88. The summed E-state index contributed by atoms with van der Waals surface area (Å²) in [7, 11) is 3.82. The Morgan fingerprint density at radius 1 is 1.25 bits per heavy atom. The van der Waals surface area contributed by atoms with Crippen molar-refractivity contribution in [1.82, 2.24) is 0 Å².